The number of hydrogen-bond donors (Lipinski definition) is 3. The second kappa shape index (κ2) is 10.8. The molecule has 0 saturated heterocycles. The van der Waals surface area contributed by atoms with E-state index in [-0.39, 0.29) is 42.6 Å². The van der Waals surface area contributed by atoms with Crippen molar-refractivity contribution >= 4 is 29.4 Å². The lowest BCUT2D eigenvalue weighted by molar-refractivity contribution is -0.143. The Bertz CT molecular complexity index is 910. The van der Waals surface area contributed by atoms with E-state index < -0.39 is 5.97 Å². The minimum absolute atomic E-state index is 0.00554. The van der Waals surface area contributed by atoms with Gasteiger partial charge in [0.05, 0.1) is 17.0 Å². The minimum atomic E-state index is -0.741. The number of ether oxygens (including phenoxy) is 1. The predicted molar refractivity (Wildman–Crippen MR) is 114 cm³/mol. The molecule has 2 amide bonds. The van der Waals surface area contributed by atoms with Crippen LogP contribution in [-0.2, 0) is 4.79 Å². The first-order valence-electron chi connectivity index (χ1n) is 10.1. The molecule has 1 aliphatic rings. The number of benzene rings is 1. The number of hydrogen-bond acceptors (Lipinski definition) is 5. The largest absolute Gasteiger partial charge is 0.490 e. The van der Waals surface area contributed by atoms with E-state index >= 15 is 0 Å². The maximum atomic E-state index is 12.3. The van der Waals surface area contributed by atoms with Crippen LogP contribution in [0.25, 0.3) is 0 Å². The standard InChI is InChI=1S/C22H24ClN3O5/c23-16-5-10-19(26-13-16)21(28)25-12-11-24-20(27)14-1-6-17(7-2-14)31-18-8-3-15(4-9-18)22(29)30/h1-2,5-7,10,13,15,18H,3-4,8-9,11-12H2,(H,24,27)(H,25,28)(H,29,30). The third-order valence-corrected chi connectivity index (χ3v) is 5.32. The highest BCUT2D eigenvalue weighted by Crippen LogP contribution is 2.28. The third kappa shape index (κ3) is 6.68. The number of amides is 2. The van der Waals surface area contributed by atoms with Crippen LogP contribution in [0.1, 0.15) is 46.5 Å². The van der Waals surface area contributed by atoms with Crippen LogP contribution in [0.2, 0.25) is 5.02 Å². The molecule has 0 bridgehead atoms. The Labute approximate surface area is 185 Å². The van der Waals surface area contributed by atoms with Crippen LogP contribution in [0, 0.1) is 5.92 Å². The van der Waals surface area contributed by atoms with E-state index in [1.54, 1.807) is 30.3 Å². The van der Waals surface area contributed by atoms with Gasteiger partial charge in [-0.25, -0.2) is 4.98 Å². The zero-order valence-corrected chi connectivity index (χ0v) is 17.6. The second-order valence-corrected chi connectivity index (χ2v) is 7.76. The molecule has 0 atom stereocenters. The van der Waals surface area contributed by atoms with E-state index in [0.717, 1.165) is 0 Å². The van der Waals surface area contributed by atoms with Crippen molar-refractivity contribution in [2.75, 3.05) is 13.1 Å². The summed E-state index contributed by atoms with van der Waals surface area (Å²) in [7, 11) is 0. The van der Waals surface area contributed by atoms with Crippen molar-refractivity contribution in [3.05, 3.63) is 58.9 Å². The van der Waals surface area contributed by atoms with Crippen molar-refractivity contribution < 1.29 is 24.2 Å². The van der Waals surface area contributed by atoms with E-state index in [2.05, 4.69) is 15.6 Å². The highest BCUT2D eigenvalue weighted by Gasteiger charge is 2.26. The van der Waals surface area contributed by atoms with Gasteiger partial charge in [-0.2, -0.15) is 0 Å². The summed E-state index contributed by atoms with van der Waals surface area (Å²) in [6.07, 6.45) is 4.03. The Morgan fingerprint density at radius 3 is 2.19 bits per heavy atom. The van der Waals surface area contributed by atoms with Crippen LogP contribution in [0.15, 0.2) is 42.6 Å². The van der Waals surface area contributed by atoms with Crippen molar-refractivity contribution in [1.29, 1.82) is 0 Å². The monoisotopic (exact) mass is 445 g/mol. The lowest BCUT2D eigenvalue weighted by atomic mass is 9.87. The average Bonchev–Trinajstić information content (AvgIpc) is 2.78. The summed E-state index contributed by atoms with van der Waals surface area (Å²) in [5, 5.41) is 14.9. The van der Waals surface area contributed by atoms with E-state index in [1.807, 2.05) is 0 Å². The summed E-state index contributed by atoms with van der Waals surface area (Å²) in [5.74, 6) is -0.969. The number of nitrogens with one attached hydrogen (secondary N) is 2. The van der Waals surface area contributed by atoms with Crippen molar-refractivity contribution in [3.63, 3.8) is 0 Å². The number of aliphatic carboxylic acids is 1. The molecule has 1 fully saturated rings. The summed E-state index contributed by atoms with van der Waals surface area (Å²) in [6.45, 7) is 0.526. The van der Waals surface area contributed by atoms with Gasteiger partial charge in [-0.15, -0.1) is 0 Å². The predicted octanol–water partition coefficient (Wildman–Crippen LogP) is 2.92. The molecule has 1 aromatic heterocycles. The van der Waals surface area contributed by atoms with Crippen molar-refractivity contribution in [2.24, 2.45) is 5.92 Å². The SMILES string of the molecule is O=C(NCCNC(=O)c1ccc(Cl)cn1)c1ccc(OC2CCC(C(=O)O)CC2)cc1. The van der Waals surface area contributed by atoms with Crippen molar-refractivity contribution in [3.8, 4) is 5.75 Å². The van der Waals surface area contributed by atoms with Crippen LogP contribution < -0.4 is 15.4 Å². The minimum Gasteiger partial charge on any atom is -0.490 e. The van der Waals surface area contributed by atoms with Gasteiger partial charge in [0.2, 0.25) is 0 Å². The number of carbonyl (C=O) groups excluding carboxylic acids is 2. The maximum absolute atomic E-state index is 12.3. The molecular formula is C22H24ClN3O5. The van der Waals surface area contributed by atoms with E-state index in [4.69, 9.17) is 21.4 Å². The molecule has 3 N–H and O–H groups in total. The summed E-state index contributed by atoms with van der Waals surface area (Å²) in [6, 6.07) is 9.91. The highest BCUT2D eigenvalue weighted by molar-refractivity contribution is 6.30. The van der Waals surface area contributed by atoms with Crippen LogP contribution in [0.5, 0.6) is 5.75 Å². The van der Waals surface area contributed by atoms with Gasteiger partial charge in [-0.1, -0.05) is 11.6 Å². The number of nitrogens with zero attached hydrogens (tertiary/aromatic N) is 1. The fraction of sp³-hybridized carbons (Fsp3) is 0.364. The molecule has 3 rings (SSSR count). The molecule has 31 heavy (non-hydrogen) atoms. The van der Waals surface area contributed by atoms with Crippen LogP contribution in [0.4, 0.5) is 0 Å². The van der Waals surface area contributed by atoms with Gasteiger partial charge in [0.25, 0.3) is 11.8 Å². The summed E-state index contributed by atoms with van der Waals surface area (Å²) < 4.78 is 5.91. The molecule has 1 heterocycles. The summed E-state index contributed by atoms with van der Waals surface area (Å²) >= 11 is 5.74. The maximum Gasteiger partial charge on any atom is 0.306 e. The molecule has 0 aliphatic heterocycles. The molecule has 8 nitrogen and oxygen atoms in total. The highest BCUT2D eigenvalue weighted by atomic mass is 35.5. The van der Waals surface area contributed by atoms with Gasteiger partial charge in [-0.05, 0) is 62.1 Å². The fourth-order valence-corrected chi connectivity index (χ4v) is 3.47. The third-order valence-electron chi connectivity index (χ3n) is 5.10. The number of carbonyl (C=O) groups is 3. The normalized spacial score (nSPS) is 18.1. The first kappa shape index (κ1) is 22.6. The molecule has 1 aliphatic carbocycles. The Morgan fingerprint density at radius 2 is 1.61 bits per heavy atom. The van der Waals surface area contributed by atoms with E-state index in [0.29, 0.717) is 42.0 Å². The number of carboxylic acids is 1. The molecule has 9 heteroatoms. The van der Waals surface area contributed by atoms with Crippen LogP contribution >= 0.6 is 11.6 Å². The molecule has 1 saturated carbocycles. The van der Waals surface area contributed by atoms with Gasteiger partial charge < -0.3 is 20.5 Å². The topological polar surface area (TPSA) is 118 Å². The fourth-order valence-electron chi connectivity index (χ4n) is 3.36. The Balaban J connectivity index is 1.38. The number of halogens is 1. The van der Waals surface area contributed by atoms with Gasteiger partial charge in [0.15, 0.2) is 0 Å². The first-order valence-corrected chi connectivity index (χ1v) is 10.5. The summed E-state index contributed by atoms with van der Waals surface area (Å²) in [5.41, 5.74) is 0.732. The lowest BCUT2D eigenvalue weighted by Gasteiger charge is -2.26. The Morgan fingerprint density at radius 1 is 0.968 bits per heavy atom. The van der Waals surface area contributed by atoms with Gasteiger partial charge in [-0.3, -0.25) is 14.4 Å². The Hall–Kier alpha value is -3.13. The number of rotatable bonds is 8. The molecule has 0 radical (unpaired) electrons. The van der Waals surface area contributed by atoms with Crippen molar-refractivity contribution in [1.82, 2.24) is 15.6 Å². The Kier molecular flexibility index (Phi) is 7.83. The quantitative estimate of drug-likeness (QED) is 0.538. The number of pyridine rings is 1. The second-order valence-electron chi connectivity index (χ2n) is 7.33. The lowest BCUT2D eigenvalue weighted by Crippen LogP contribution is -2.35. The van der Waals surface area contributed by atoms with Gasteiger partial charge in [0, 0.05) is 24.8 Å². The van der Waals surface area contributed by atoms with Crippen molar-refractivity contribution in [2.45, 2.75) is 31.8 Å². The first-order chi connectivity index (χ1) is 14.9. The van der Waals surface area contributed by atoms with E-state index in [1.165, 1.54) is 12.3 Å². The molecule has 2 aromatic rings. The smallest absolute Gasteiger partial charge is 0.306 e. The molecule has 0 spiro atoms. The average molecular weight is 446 g/mol. The molecule has 1 aromatic carbocycles. The van der Waals surface area contributed by atoms with E-state index in [9.17, 15) is 14.4 Å². The molecule has 0 unspecified atom stereocenters. The zero-order chi connectivity index (χ0) is 22.2. The number of aromatic nitrogens is 1. The van der Waals surface area contributed by atoms with Gasteiger partial charge in [0.1, 0.15) is 11.4 Å². The molecular weight excluding hydrogens is 422 g/mol. The molecule has 164 valence electrons. The summed E-state index contributed by atoms with van der Waals surface area (Å²) in [4.78, 5) is 39.2. The van der Waals surface area contributed by atoms with Crippen LogP contribution in [-0.4, -0.2) is 47.1 Å². The van der Waals surface area contributed by atoms with Gasteiger partial charge >= 0.3 is 5.97 Å². The zero-order valence-electron chi connectivity index (χ0n) is 16.8. The number of carboxylic acid groups (broad SMARTS) is 1. The van der Waals surface area contributed by atoms with Crippen LogP contribution in [0.3, 0.4) is 0 Å².